The van der Waals surface area contributed by atoms with Crippen LogP contribution in [-0.2, 0) is 0 Å². The summed E-state index contributed by atoms with van der Waals surface area (Å²) in [4.78, 5) is 0. The summed E-state index contributed by atoms with van der Waals surface area (Å²) in [6.45, 7) is 3.72. The standard InChI is InChI=1S/C9H16O2/c1-4-7-9(11,6-3)8(10)5-2/h3,8,10-11H,4-5,7H2,1-2H3. The smallest absolute Gasteiger partial charge is 0.150 e. The Kier molecular flexibility index (Phi) is 4.17. The lowest BCUT2D eigenvalue weighted by atomic mass is 9.91. The summed E-state index contributed by atoms with van der Waals surface area (Å²) in [5, 5.41) is 18.9. The van der Waals surface area contributed by atoms with Gasteiger partial charge in [0.2, 0.25) is 0 Å². The monoisotopic (exact) mass is 156 g/mol. The molecule has 0 rings (SSSR count). The summed E-state index contributed by atoms with van der Waals surface area (Å²) in [6.07, 6.45) is 6.03. The van der Waals surface area contributed by atoms with Gasteiger partial charge in [-0.2, -0.15) is 0 Å². The van der Waals surface area contributed by atoms with Gasteiger partial charge in [-0.1, -0.05) is 26.2 Å². The lowest BCUT2D eigenvalue weighted by Crippen LogP contribution is -2.40. The van der Waals surface area contributed by atoms with Gasteiger partial charge in [0.05, 0.1) is 6.10 Å². The van der Waals surface area contributed by atoms with Crippen LogP contribution in [0.1, 0.15) is 33.1 Å². The summed E-state index contributed by atoms with van der Waals surface area (Å²) < 4.78 is 0. The Morgan fingerprint density at radius 3 is 2.36 bits per heavy atom. The first-order chi connectivity index (χ1) is 5.10. The highest BCUT2D eigenvalue weighted by molar-refractivity contribution is 5.10. The van der Waals surface area contributed by atoms with E-state index < -0.39 is 11.7 Å². The van der Waals surface area contributed by atoms with Gasteiger partial charge in [0.25, 0.3) is 0 Å². The third kappa shape index (κ3) is 2.53. The van der Waals surface area contributed by atoms with E-state index in [-0.39, 0.29) is 0 Å². The van der Waals surface area contributed by atoms with Crippen molar-refractivity contribution in [1.82, 2.24) is 0 Å². The molecule has 0 spiro atoms. The first-order valence-electron chi connectivity index (χ1n) is 3.99. The molecule has 0 aliphatic rings. The van der Waals surface area contributed by atoms with Gasteiger partial charge in [0.15, 0.2) is 5.60 Å². The second kappa shape index (κ2) is 4.38. The highest BCUT2D eigenvalue weighted by atomic mass is 16.3. The molecule has 0 aromatic rings. The van der Waals surface area contributed by atoms with Crippen molar-refractivity contribution in [3.05, 3.63) is 0 Å². The lowest BCUT2D eigenvalue weighted by Gasteiger charge is -2.26. The third-order valence-corrected chi connectivity index (χ3v) is 1.82. The summed E-state index contributed by atoms with van der Waals surface area (Å²) in [5.41, 5.74) is -1.32. The van der Waals surface area contributed by atoms with E-state index in [0.717, 1.165) is 6.42 Å². The minimum absolute atomic E-state index is 0.457. The van der Waals surface area contributed by atoms with Crippen molar-refractivity contribution in [3.63, 3.8) is 0 Å². The molecule has 0 fully saturated rings. The Labute approximate surface area is 68.2 Å². The molecule has 2 N–H and O–H groups in total. The van der Waals surface area contributed by atoms with Crippen molar-refractivity contribution in [2.75, 3.05) is 0 Å². The number of hydrogen-bond acceptors (Lipinski definition) is 2. The zero-order chi connectivity index (χ0) is 8.91. The maximum absolute atomic E-state index is 9.60. The van der Waals surface area contributed by atoms with Crippen molar-refractivity contribution in [2.24, 2.45) is 0 Å². The van der Waals surface area contributed by atoms with E-state index in [1.807, 2.05) is 6.92 Å². The van der Waals surface area contributed by atoms with Gasteiger partial charge in [-0.25, -0.2) is 0 Å². The molecule has 0 heterocycles. The molecule has 0 aromatic heterocycles. The Morgan fingerprint density at radius 1 is 1.55 bits per heavy atom. The largest absolute Gasteiger partial charge is 0.389 e. The predicted molar refractivity (Wildman–Crippen MR) is 45.0 cm³/mol. The summed E-state index contributed by atoms with van der Waals surface area (Å²) in [6, 6.07) is 0. The van der Waals surface area contributed by atoms with Crippen LogP contribution < -0.4 is 0 Å². The Hall–Kier alpha value is -0.520. The molecule has 0 radical (unpaired) electrons. The maximum Gasteiger partial charge on any atom is 0.150 e. The quantitative estimate of drug-likeness (QED) is 0.594. The van der Waals surface area contributed by atoms with Crippen molar-refractivity contribution in [2.45, 2.75) is 44.8 Å². The molecular formula is C9H16O2. The van der Waals surface area contributed by atoms with E-state index in [1.165, 1.54) is 0 Å². The van der Waals surface area contributed by atoms with Crippen molar-refractivity contribution >= 4 is 0 Å². The second-order valence-corrected chi connectivity index (χ2v) is 2.74. The van der Waals surface area contributed by atoms with E-state index in [0.29, 0.717) is 12.8 Å². The molecule has 11 heavy (non-hydrogen) atoms. The number of aliphatic hydroxyl groups excluding tert-OH is 1. The van der Waals surface area contributed by atoms with Crippen LogP contribution >= 0.6 is 0 Å². The third-order valence-electron chi connectivity index (χ3n) is 1.82. The number of aliphatic hydroxyl groups is 2. The van der Waals surface area contributed by atoms with Gasteiger partial charge in [-0.3, -0.25) is 0 Å². The van der Waals surface area contributed by atoms with E-state index >= 15 is 0 Å². The molecule has 0 bridgehead atoms. The van der Waals surface area contributed by atoms with Crippen molar-refractivity contribution in [3.8, 4) is 12.3 Å². The zero-order valence-electron chi connectivity index (χ0n) is 7.17. The first-order valence-corrected chi connectivity index (χ1v) is 3.99. The molecule has 0 saturated heterocycles. The maximum atomic E-state index is 9.60. The van der Waals surface area contributed by atoms with Crippen LogP contribution in [-0.4, -0.2) is 21.9 Å². The molecule has 0 aliphatic heterocycles. The zero-order valence-corrected chi connectivity index (χ0v) is 7.17. The molecule has 64 valence electrons. The molecule has 0 saturated carbocycles. The first kappa shape index (κ1) is 10.5. The molecule has 0 aliphatic carbocycles. The van der Waals surface area contributed by atoms with Crippen LogP contribution in [0.25, 0.3) is 0 Å². The normalized spacial score (nSPS) is 18.5. The minimum atomic E-state index is -1.32. The highest BCUT2D eigenvalue weighted by Gasteiger charge is 2.30. The minimum Gasteiger partial charge on any atom is -0.389 e. The van der Waals surface area contributed by atoms with Gasteiger partial charge < -0.3 is 10.2 Å². The Morgan fingerprint density at radius 2 is 2.09 bits per heavy atom. The fourth-order valence-electron chi connectivity index (χ4n) is 1.05. The second-order valence-electron chi connectivity index (χ2n) is 2.74. The SMILES string of the molecule is C#CC(O)(CCC)C(O)CC. The van der Waals surface area contributed by atoms with Crippen molar-refractivity contribution < 1.29 is 10.2 Å². The highest BCUT2D eigenvalue weighted by Crippen LogP contribution is 2.18. The van der Waals surface area contributed by atoms with E-state index in [2.05, 4.69) is 5.92 Å². The summed E-state index contributed by atoms with van der Waals surface area (Å²) >= 11 is 0. The van der Waals surface area contributed by atoms with E-state index in [9.17, 15) is 10.2 Å². The van der Waals surface area contributed by atoms with Crippen LogP contribution in [0.2, 0.25) is 0 Å². The number of hydrogen-bond donors (Lipinski definition) is 2. The van der Waals surface area contributed by atoms with Gasteiger partial charge in [-0.15, -0.1) is 6.42 Å². The Balaban J connectivity index is 4.22. The summed E-state index contributed by atoms with van der Waals surface area (Å²) in [5.74, 6) is 2.24. The fraction of sp³-hybridized carbons (Fsp3) is 0.778. The Bertz CT molecular complexity index is 148. The van der Waals surface area contributed by atoms with Crippen LogP contribution in [0, 0.1) is 12.3 Å². The molecule has 2 nitrogen and oxygen atoms in total. The van der Waals surface area contributed by atoms with Gasteiger partial charge in [0.1, 0.15) is 0 Å². The lowest BCUT2D eigenvalue weighted by molar-refractivity contribution is -0.0390. The number of rotatable bonds is 4. The molecule has 2 unspecified atom stereocenters. The average molecular weight is 156 g/mol. The van der Waals surface area contributed by atoms with Gasteiger partial charge >= 0.3 is 0 Å². The molecule has 0 aromatic carbocycles. The van der Waals surface area contributed by atoms with Gasteiger partial charge in [0, 0.05) is 0 Å². The van der Waals surface area contributed by atoms with Crippen LogP contribution in [0.4, 0.5) is 0 Å². The van der Waals surface area contributed by atoms with Crippen LogP contribution in [0.5, 0.6) is 0 Å². The summed E-state index contributed by atoms with van der Waals surface area (Å²) in [7, 11) is 0. The molecule has 0 amide bonds. The van der Waals surface area contributed by atoms with E-state index in [4.69, 9.17) is 6.42 Å². The topological polar surface area (TPSA) is 40.5 Å². The molecule has 2 atom stereocenters. The average Bonchev–Trinajstić information content (AvgIpc) is 2.03. The van der Waals surface area contributed by atoms with Gasteiger partial charge in [-0.05, 0) is 12.8 Å². The molecule has 2 heteroatoms. The molecular weight excluding hydrogens is 140 g/mol. The van der Waals surface area contributed by atoms with E-state index in [1.54, 1.807) is 6.92 Å². The van der Waals surface area contributed by atoms with Crippen LogP contribution in [0.15, 0.2) is 0 Å². The van der Waals surface area contributed by atoms with Crippen molar-refractivity contribution in [1.29, 1.82) is 0 Å². The fourth-order valence-corrected chi connectivity index (χ4v) is 1.05. The number of terminal acetylenes is 1. The predicted octanol–water partition coefficient (Wildman–Crippen LogP) is 0.922. The van der Waals surface area contributed by atoms with Crippen LogP contribution in [0.3, 0.4) is 0 Å².